The van der Waals surface area contributed by atoms with Crippen LogP contribution in [0.4, 0.5) is 0 Å². The first kappa shape index (κ1) is 38.3. The minimum absolute atomic E-state index is 0.0284. The maximum atomic E-state index is 13.0. The molecule has 2 atom stereocenters. The van der Waals surface area contributed by atoms with Crippen LogP contribution in [0.15, 0.2) is 25.3 Å². The highest BCUT2D eigenvalue weighted by molar-refractivity contribution is 7.87. The molecule has 0 saturated heterocycles. The van der Waals surface area contributed by atoms with Crippen molar-refractivity contribution in [3.63, 3.8) is 0 Å². The molecule has 0 bridgehead atoms. The van der Waals surface area contributed by atoms with Gasteiger partial charge in [-0.15, -0.1) is 13.2 Å². The van der Waals surface area contributed by atoms with Crippen LogP contribution in [-0.2, 0) is 39.5 Å². The van der Waals surface area contributed by atoms with Crippen LogP contribution >= 0.6 is 0 Å². The third-order valence-electron chi connectivity index (χ3n) is 4.97. The minimum Gasteiger partial charge on any atom is -0.468 e. The Morgan fingerprint density at radius 1 is 0.763 bits per heavy atom. The van der Waals surface area contributed by atoms with Crippen molar-refractivity contribution in [2.24, 2.45) is 11.8 Å². The lowest BCUT2D eigenvalue weighted by molar-refractivity contribution is -0.146. The molecule has 0 saturated carbocycles. The molecule has 0 rings (SSSR count). The van der Waals surface area contributed by atoms with Crippen molar-refractivity contribution in [1.29, 1.82) is 0 Å². The SMILES string of the molecule is C=CCN(C(C)C)S(=O)(=O)N(CC=C)C(C(=O)OC)C(C)C.COC(=O)C(NS(=O)(=O)NC(C)C)C(C)C. The lowest BCUT2D eigenvalue weighted by atomic mass is 10.0. The van der Waals surface area contributed by atoms with Crippen molar-refractivity contribution in [2.45, 2.75) is 79.6 Å². The monoisotopic (exact) mass is 584 g/mol. The van der Waals surface area contributed by atoms with Crippen molar-refractivity contribution in [2.75, 3.05) is 27.3 Å². The maximum absolute atomic E-state index is 13.0. The Balaban J connectivity index is 0. The predicted octanol–water partition coefficient (Wildman–Crippen LogP) is 1.83. The molecular weight excluding hydrogens is 536 g/mol. The first-order chi connectivity index (χ1) is 17.3. The molecule has 224 valence electrons. The highest BCUT2D eigenvalue weighted by atomic mass is 32.2. The quantitative estimate of drug-likeness (QED) is 0.206. The molecule has 0 aromatic carbocycles. The Labute approximate surface area is 230 Å². The molecule has 0 heterocycles. The van der Waals surface area contributed by atoms with E-state index in [0.29, 0.717) is 0 Å². The standard InChI is InChI=1S/C15H28N2O4S.C9H20N2O4S/c1-8-10-16(13(5)6)22(19,20)17(11-9-2)14(12(3)4)15(18)21-7;1-6(2)8(9(12)15-5)11-16(13,14)10-7(3)4/h8-9,12-14H,1-2,10-11H2,3-7H3;6-8,10-11H,1-5H3. The van der Waals surface area contributed by atoms with Gasteiger partial charge in [-0.05, 0) is 39.5 Å². The van der Waals surface area contributed by atoms with Gasteiger partial charge < -0.3 is 9.47 Å². The van der Waals surface area contributed by atoms with Gasteiger partial charge in [-0.2, -0.15) is 34.9 Å². The van der Waals surface area contributed by atoms with Crippen molar-refractivity contribution in [3.05, 3.63) is 25.3 Å². The molecule has 0 aliphatic carbocycles. The summed E-state index contributed by atoms with van der Waals surface area (Å²) in [5.74, 6) is -1.59. The Morgan fingerprint density at radius 2 is 1.21 bits per heavy atom. The van der Waals surface area contributed by atoms with Gasteiger partial charge in [-0.1, -0.05) is 39.8 Å². The number of esters is 2. The summed E-state index contributed by atoms with van der Waals surface area (Å²) in [4.78, 5) is 23.4. The number of rotatable bonds is 16. The molecule has 12 nitrogen and oxygen atoms in total. The highest BCUT2D eigenvalue weighted by Gasteiger charge is 2.40. The molecule has 2 unspecified atom stereocenters. The van der Waals surface area contributed by atoms with Crippen molar-refractivity contribution in [3.8, 4) is 0 Å². The summed E-state index contributed by atoms with van der Waals surface area (Å²) < 4.78 is 65.4. The third kappa shape index (κ3) is 12.8. The van der Waals surface area contributed by atoms with Gasteiger partial charge in [-0.3, -0.25) is 9.59 Å². The lowest BCUT2D eigenvalue weighted by Crippen LogP contribution is -2.55. The van der Waals surface area contributed by atoms with E-state index >= 15 is 0 Å². The fraction of sp³-hybridized carbons (Fsp3) is 0.750. The van der Waals surface area contributed by atoms with Crippen LogP contribution in [0.3, 0.4) is 0 Å². The van der Waals surface area contributed by atoms with Gasteiger partial charge in [0, 0.05) is 25.2 Å². The molecule has 2 N–H and O–H groups in total. The summed E-state index contributed by atoms with van der Waals surface area (Å²) >= 11 is 0. The predicted molar refractivity (Wildman–Crippen MR) is 149 cm³/mol. The number of hydrogen-bond donors (Lipinski definition) is 2. The zero-order chi connectivity index (χ0) is 30.4. The van der Waals surface area contributed by atoms with Crippen LogP contribution < -0.4 is 9.44 Å². The van der Waals surface area contributed by atoms with E-state index in [2.05, 4.69) is 27.3 Å². The summed E-state index contributed by atoms with van der Waals surface area (Å²) in [5.41, 5.74) is 0. The number of nitrogens with zero attached hydrogens (tertiary/aromatic N) is 2. The van der Waals surface area contributed by atoms with Crippen LogP contribution in [0.2, 0.25) is 0 Å². The second-order valence-electron chi connectivity index (χ2n) is 9.67. The summed E-state index contributed by atoms with van der Waals surface area (Å²) in [7, 11) is -5.07. The number of methoxy groups -OCH3 is 2. The van der Waals surface area contributed by atoms with E-state index in [1.807, 2.05) is 0 Å². The van der Waals surface area contributed by atoms with Gasteiger partial charge in [-0.25, -0.2) is 0 Å². The number of carbonyl (C=O) groups is 2. The van der Waals surface area contributed by atoms with Gasteiger partial charge in [0.15, 0.2) is 0 Å². The Kier molecular flexibility index (Phi) is 17.8. The van der Waals surface area contributed by atoms with Crippen molar-refractivity contribution in [1.82, 2.24) is 18.1 Å². The number of hydrogen-bond acceptors (Lipinski definition) is 8. The maximum Gasteiger partial charge on any atom is 0.324 e. The third-order valence-corrected chi connectivity index (χ3v) is 8.44. The summed E-state index contributed by atoms with van der Waals surface area (Å²) in [5, 5.41) is 0. The van der Waals surface area contributed by atoms with Crippen LogP contribution in [0.1, 0.15) is 55.4 Å². The van der Waals surface area contributed by atoms with E-state index in [0.717, 1.165) is 4.31 Å². The normalized spacial score (nSPS) is 13.9. The molecule has 0 aliphatic heterocycles. The Morgan fingerprint density at radius 3 is 1.53 bits per heavy atom. The summed E-state index contributed by atoms with van der Waals surface area (Å²) in [6, 6.07) is -2.27. The Hall–Kier alpha value is -1.84. The van der Waals surface area contributed by atoms with Crippen LogP contribution in [0.25, 0.3) is 0 Å². The number of carbonyl (C=O) groups excluding carboxylic acids is 2. The molecule has 0 aromatic heterocycles. The second-order valence-corrected chi connectivity index (χ2v) is 13.0. The van der Waals surface area contributed by atoms with Gasteiger partial charge >= 0.3 is 11.9 Å². The van der Waals surface area contributed by atoms with Crippen molar-refractivity contribution >= 4 is 32.4 Å². The van der Waals surface area contributed by atoms with E-state index in [1.165, 1.54) is 30.7 Å². The highest BCUT2D eigenvalue weighted by Crippen LogP contribution is 2.21. The fourth-order valence-corrected chi connectivity index (χ4v) is 6.65. The summed E-state index contributed by atoms with van der Waals surface area (Å²) in [6.07, 6.45) is 2.98. The van der Waals surface area contributed by atoms with E-state index < -0.39 is 44.4 Å². The molecule has 0 aliphatic rings. The first-order valence-corrected chi connectivity index (χ1v) is 15.2. The molecule has 0 radical (unpaired) electrons. The lowest BCUT2D eigenvalue weighted by Gasteiger charge is -2.36. The zero-order valence-corrected chi connectivity index (χ0v) is 26.1. The van der Waals surface area contributed by atoms with E-state index in [1.54, 1.807) is 55.4 Å². The summed E-state index contributed by atoms with van der Waals surface area (Å²) in [6.45, 7) is 21.4. The largest absolute Gasteiger partial charge is 0.468 e. The average Bonchev–Trinajstić information content (AvgIpc) is 2.78. The van der Waals surface area contributed by atoms with Gasteiger partial charge in [0.05, 0.1) is 14.2 Å². The van der Waals surface area contributed by atoms with E-state index in [4.69, 9.17) is 4.74 Å². The Bertz CT molecular complexity index is 964. The zero-order valence-electron chi connectivity index (χ0n) is 24.4. The topological polar surface area (TPSA) is 151 Å². The molecule has 38 heavy (non-hydrogen) atoms. The smallest absolute Gasteiger partial charge is 0.324 e. The molecule has 0 aromatic rings. The van der Waals surface area contributed by atoms with Crippen molar-refractivity contribution < 1.29 is 35.9 Å². The first-order valence-electron chi connectivity index (χ1n) is 12.3. The van der Waals surface area contributed by atoms with Gasteiger partial charge in [0.25, 0.3) is 20.4 Å². The van der Waals surface area contributed by atoms with Gasteiger partial charge in [0.1, 0.15) is 12.1 Å². The molecule has 0 spiro atoms. The van der Waals surface area contributed by atoms with Gasteiger partial charge in [0.2, 0.25) is 0 Å². The molecule has 0 fully saturated rings. The van der Waals surface area contributed by atoms with Crippen LogP contribution in [0.5, 0.6) is 0 Å². The molecular formula is C24H48N4O8S2. The number of nitrogens with one attached hydrogen (secondary N) is 2. The second kappa shape index (κ2) is 17.7. The van der Waals surface area contributed by atoms with Crippen LogP contribution in [-0.4, -0.2) is 88.9 Å². The minimum atomic E-state index is -3.86. The molecule has 0 amide bonds. The number of ether oxygens (including phenoxy) is 2. The average molecular weight is 585 g/mol. The van der Waals surface area contributed by atoms with E-state index in [9.17, 15) is 26.4 Å². The van der Waals surface area contributed by atoms with Crippen LogP contribution in [0, 0.1) is 11.8 Å². The van der Waals surface area contributed by atoms with E-state index in [-0.39, 0.29) is 37.0 Å². The molecule has 14 heteroatoms. The fourth-order valence-electron chi connectivity index (χ4n) is 3.25.